The minimum atomic E-state index is -0.717. The second kappa shape index (κ2) is 9.64. The number of H-pyrrole nitrogens is 2. The first-order valence-electron chi connectivity index (χ1n) is 8.97. The van der Waals surface area contributed by atoms with Gasteiger partial charge in [-0.05, 0) is 52.1 Å². The quantitative estimate of drug-likeness (QED) is 0.471. The zero-order valence-corrected chi connectivity index (χ0v) is 14.5. The molecule has 2 heterocycles. The van der Waals surface area contributed by atoms with E-state index in [9.17, 15) is 14.7 Å². The Bertz CT molecular complexity index is 560. The minimum Gasteiger partial charge on any atom is -0.466 e. The summed E-state index contributed by atoms with van der Waals surface area (Å²) in [6.07, 6.45) is 5.16. The van der Waals surface area contributed by atoms with Crippen LogP contribution in [0.3, 0.4) is 0 Å². The SMILES string of the molecule is CCOC(=O)CCCC[C@@H](O)c1[nH]c(=O)[nH]c1CN1CCCCC1. The largest absolute Gasteiger partial charge is 0.466 e. The zero-order valence-electron chi connectivity index (χ0n) is 14.5. The highest BCUT2D eigenvalue weighted by molar-refractivity contribution is 5.69. The molecule has 0 bridgehead atoms. The van der Waals surface area contributed by atoms with Gasteiger partial charge in [0.15, 0.2) is 0 Å². The number of ether oxygens (including phenoxy) is 1. The van der Waals surface area contributed by atoms with E-state index >= 15 is 0 Å². The molecule has 0 radical (unpaired) electrons. The van der Waals surface area contributed by atoms with Crippen molar-refractivity contribution >= 4 is 5.97 Å². The first-order chi connectivity index (χ1) is 11.6. The number of aromatic amines is 2. The van der Waals surface area contributed by atoms with Gasteiger partial charge in [0.05, 0.1) is 24.1 Å². The molecule has 1 saturated heterocycles. The first kappa shape index (κ1) is 18.7. The van der Waals surface area contributed by atoms with Gasteiger partial charge in [-0.2, -0.15) is 0 Å². The second-order valence-corrected chi connectivity index (χ2v) is 6.37. The summed E-state index contributed by atoms with van der Waals surface area (Å²) in [6, 6.07) is 0. The van der Waals surface area contributed by atoms with E-state index in [-0.39, 0.29) is 11.7 Å². The summed E-state index contributed by atoms with van der Waals surface area (Å²) in [6.45, 7) is 4.90. The van der Waals surface area contributed by atoms with Crippen molar-refractivity contribution in [3.05, 3.63) is 21.9 Å². The molecule has 1 aromatic rings. The average molecular weight is 339 g/mol. The van der Waals surface area contributed by atoms with Gasteiger partial charge in [0.25, 0.3) is 0 Å². The molecule has 0 spiro atoms. The Morgan fingerprint density at radius 1 is 1.25 bits per heavy atom. The topological polar surface area (TPSA) is 98.4 Å². The van der Waals surface area contributed by atoms with Crippen LogP contribution in [0.25, 0.3) is 0 Å². The van der Waals surface area contributed by atoms with Crippen LogP contribution < -0.4 is 5.69 Å². The molecule has 1 fully saturated rings. The molecule has 1 aromatic heterocycles. The van der Waals surface area contributed by atoms with Crippen molar-refractivity contribution < 1.29 is 14.6 Å². The van der Waals surface area contributed by atoms with Crippen LogP contribution in [0.1, 0.15) is 69.4 Å². The third-order valence-corrected chi connectivity index (χ3v) is 4.42. The number of unbranched alkanes of at least 4 members (excludes halogenated alkanes) is 1. The predicted molar refractivity (Wildman–Crippen MR) is 90.6 cm³/mol. The maximum atomic E-state index is 11.6. The summed E-state index contributed by atoms with van der Waals surface area (Å²) in [5.41, 5.74) is 1.09. The fourth-order valence-corrected chi connectivity index (χ4v) is 3.17. The number of nitrogens with zero attached hydrogens (tertiary/aromatic N) is 1. The van der Waals surface area contributed by atoms with Gasteiger partial charge in [-0.3, -0.25) is 9.69 Å². The minimum absolute atomic E-state index is 0.201. The molecule has 1 atom stereocenters. The lowest BCUT2D eigenvalue weighted by molar-refractivity contribution is -0.143. The summed E-state index contributed by atoms with van der Waals surface area (Å²) >= 11 is 0. The number of esters is 1. The Hall–Kier alpha value is -1.60. The van der Waals surface area contributed by atoms with Gasteiger partial charge < -0.3 is 19.8 Å². The standard InChI is InChI=1S/C17H29N3O4/c1-2-24-15(22)9-5-4-8-14(21)16-13(18-17(23)19-16)12-20-10-6-3-7-11-20/h14,21H,2-12H2,1H3,(H2,18,19,23)/t14-/m1/s1. The summed E-state index contributed by atoms with van der Waals surface area (Å²) < 4.78 is 4.88. The number of hydrogen-bond donors (Lipinski definition) is 3. The Labute approximate surface area is 142 Å². The van der Waals surface area contributed by atoms with Crippen molar-refractivity contribution in [3.63, 3.8) is 0 Å². The van der Waals surface area contributed by atoms with Crippen molar-refractivity contribution in [1.29, 1.82) is 0 Å². The maximum Gasteiger partial charge on any atom is 0.323 e. The van der Waals surface area contributed by atoms with Crippen LogP contribution in [0.4, 0.5) is 0 Å². The van der Waals surface area contributed by atoms with Gasteiger partial charge in [-0.15, -0.1) is 0 Å². The van der Waals surface area contributed by atoms with Crippen molar-refractivity contribution in [2.24, 2.45) is 0 Å². The highest BCUT2D eigenvalue weighted by atomic mass is 16.5. The second-order valence-electron chi connectivity index (χ2n) is 6.37. The molecule has 0 aliphatic carbocycles. The number of aromatic nitrogens is 2. The lowest BCUT2D eigenvalue weighted by atomic mass is 10.1. The Morgan fingerprint density at radius 2 is 2.00 bits per heavy atom. The van der Waals surface area contributed by atoms with Crippen molar-refractivity contribution in [2.75, 3.05) is 19.7 Å². The van der Waals surface area contributed by atoms with E-state index in [1.807, 2.05) is 0 Å². The van der Waals surface area contributed by atoms with Gasteiger partial charge in [0, 0.05) is 13.0 Å². The highest BCUT2D eigenvalue weighted by Crippen LogP contribution is 2.21. The molecule has 1 aliphatic rings. The van der Waals surface area contributed by atoms with Crippen molar-refractivity contribution in [3.8, 4) is 0 Å². The number of aliphatic hydroxyl groups excluding tert-OH is 1. The molecular formula is C17H29N3O4. The van der Waals surface area contributed by atoms with E-state index in [4.69, 9.17) is 4.74 Å². The number of imidazole rings is 1. The Morgan fingerprint density at radius 3 is 2.71 bits per heavy atom. The number of aliphatic hydroxyl groups is 1. The third-order valence-electron chi connectivity index (χ3n) is 4.42. The summed E-state index contributed by atoms with van der Waals surface area (Å²) in [5, 5.41) is 10.4. The molecule has 0 unspecified atom stereocenters. The molecule has 24 heavy (non-hydrogen) atoms. The van der Waals surface area contributed by atoms with Gasteiger partial charge >= 0.3 is 11.7 Å². The smallest absolute Gasteiger partial charge is 0.323 e. The molecule has 3 N–H and O–H groups in total. The molecule has 136 valence electrons. The average Bonchev–Trinajstić information content (AvgIpc) is 2.93. The van der Waals surface area contributed by atoms with Gasteiger partial charge in [-0.25, -0.2) is 4.79 Å². The van der Waals surface area contributed by atoms with E-state index in [1.165, 1.54) is 19.3 Å². The highest BCUT2D eigenvalue weighted by Gasteiger charge is 2.19. The van der Waals surface area contributed by atoms with E-state index in [2.05, 4.69) is 14.9 Å². The van der Waals surface area contributed by atoms with E-state index in [0.717, 1.165) is 18.8 Å². The summed E-state index contributed by atoms with van der Waals surface area (Å²) in [7, 11) is 0. The van der Waals surface area contributed by atoms with E-state index < -0.39 is 6.10 Å². The predicted octanol–water partition coefficient (Wildman–Crippen LogP) is 1.85. The van der Waals surface area contributed by atoms with Crippen LogP contribution in [0.2, 0.25) is 0 Å². The molecule has 7 nitrogen and oxygen atoms in total. The van der Waals surface area contributed by atoms with E-state index in [0.29, 0.717) is 44.5 Å². The number of likely N-dealkylation sites (tertiary alicyclic amines) is 1. The molecule has 7 heteroatoms. The molecule has 1 aliphatic heterocycles. The summed E-state index contributed by atoms with van der Waals surface area (Å²) in [4.78, 5) is 30.8. The lowest BCUT2D eigenvalue weighted by Gasteiger charge is -2.26. The zero-order chi connectivity index (χ0) is 17.4. The molecule has 0 saturated carbocycles. The number of rotatable bonds is 9. The lowest BCUT2D eigenvalue weighted by Crippen LogP contribution is -2.29. The van der Waals surface area contributed by atoms with Gasteiger partial charge in [0.2, 0.25) is 0 Å². The fourth-order valence-electron chi connectivity index (χ4n) is 3.17. The van der Waals surface area contributed by atoms with Crippen LogP contribution in [-0.4, -0.2) is 45.6 Å². The van der Waals surface area contributed by atoms with Gasteiger partial charge in [-0.1, -0.05) is 6.42 Å². The first-order valence-corrected chi connectivity index (χ1v) is 8.97. The number of piperidine rings is 1. The van der Waals surface area contributed by atoms with E-state index in [1.54, 1.807) is 6.92 Å². The van der Waals surface area contributed by atoms with Crippen LogP contribution >= 0.6 is 0 Å². The van der Waals surface area contributed by atoms with Crippen LogP contribution in [0.5, 0.6) is 0 Å². The van der Waals surface area contributed by atoms with Crippen LogP contribution in [0.15, 0.2) is 4.79 Å². The number of carbonyl (C=O) groups excluding carboxylic acids is 1. The Kier molecular flexibility index (Phi) is 7.52. The van der Waals surface area contributed by atoms with Crippen LogP contribution in [0, 0.1) is 0 Å². The number of nitrogens with one attached hydrogen (secondary N) is 2. The Balaban J connectivity index is 1.83. The number of carbonyl (C=O) groups is 1. The molecule has 2 rings (SSSR count). The van der Waals surface area contributed by atoms with Crippen LogP contribution in [-0.2, 0) is 16.1 Å². The van der Waals surface area contributed by atoms with Crippen molar-refractivity contribution in [1.82, 2.24) is 14.9 Å². The van der Waals surface area contributed by atoms with Crippen molar-refractivity contribution in [2.45, 2.75) is 64.5 Å². The third kappa shape index (κ3) is 5.79. The van der Waals surface area contributed by atoms with Gasteiger partial charge in [0.1, 0.15) is 0 Å². The fraction of sp³-hybridized carbons (Fsp3) is 0.765. The molecule has 0 aromatic carbocycles. The monoisotopic (exact) mass is 339 g/mol. The normalized spacial score (nSPS) is 16.9. The molecule has 0 amide bonds. The summed E-state index contributed by atoms with van der Waals surface area (Å²) in [5.74, 6) is -0.201. The maximum absolute atomic E-state index is 11.6. The molecular weight excluding hydrogens is 310 g/mol. The number of hydrogen-bond acceptors (Lipinski definition) is 5.